The number of carbonyl (C=O) groups is 2. The molecule has 1 amide bonds. The van der Waals surface area contributed by atoms with Crippen molar-refractivity contribution in [1.82, 2.24) is 19.4 Å². The lowest BCUT2D eigenvalue weighted by atomic mass is 10.0. The van der Waals surface area contributed by atoms with Gasteiger partial charge in [0.1, 0.15) is 16.3 Å². The molecule has 1 heterocycles. The molecule has 0 aliphatic carbocycles. The molecule has 0 saturated heterocycles. The molecule has 2 N–H and O–H groups in total. The predicted octanol–water partition coefficient (Wildman–Crippen LogP) is 3.76. The van der Waals surface area contributed by atoms with E-state index in [0.29, 0.717) is 16.8 Å². The van der Waals surface area contributed by atoms with Gasteiger partial charge in [0.25, 0.3) is 0 Å². The minimum atomic E-state index is -3.75. The third-order valence-corrected chi connectivity index (χ3v) is 7.24. The van der Waals surface area contributed by atoms with E-state index in [1.165, 1.54) is 37.0 Å². The van der Waals surface area contributed by atoms with Crippen LogP contribution in [0.5, 0.6) is 0 Å². The van der Waals surface area contributed by atoms with E-state index in [2.05, 4.69) is 10.4 Å². The van der Waals surface area contributed by atoms with Crippen LogP contribution in [0.4, 0.5) is 9.18 Å². The molecule has 10 nitrogen and oxygen atoms in total. The molecule has 0 spiro atoms. The van der Waals surface area contributed by atoms with E-state index in [-0.39, 0.29) is 35.1 Å². The number of hydrogen-bond donors (Lipinski definition) is 2. The van der Waals surface area contributed by atoms with Crippen LogP contribution in [-0.2, 0) is 27.7 Å². The van der Waals surface area contributed by atoms with Gasteiger partial charge in [0.2, 0.25) is 10.0 Å². The number of carboxylic acids is 1. The summed E-state index contributed by atoms with van der Waals surface area (Å²) >= 11 is 6.21. The van der Waals surface area contributed by atoms with E-state index < -0.39 is 33.5 Å². The summed E-state index contributed by atoms with van der Waals surface area (Å²) in [4.78, 5) is 23.4. The smallest absolute Gasteiger partial charge is 0.407 e. The van der Waals surface area contributed by atoms with Gasteiger partial charge in [-0.15, -0.1) is 0 Å². The summed E-state index contributed by atoms with van der Waals surface area (Å²) in [5.41, 5.74) is 0.361. The molecule has 2 aromatic rings. The van der Waals surface area contributed by atoms with Crippen molar-refractivity contribution in [2.45, 2.75) is 51.2 Å². The number of alkyl carbamates (subject to hydrolysis) is 1. The van der Waals surface area contributed by atoms with Crippen LogP contribution in [-0.4, -0.2) is 65.9 Å². The highest BCUT2D eigenvalue weighted by atomic mass is 35.5. The minimum Gasteiger partial charge on any atom is -0.476 e. The molecule has 0 radical (unpaired) electrons. The molecule has 0 aliphatic heterocycles. The molecular formula is C23H30ClFN4O6S. The molecular weight excluding hydrogens is 515 g/mol. The highest BCUT2D eigenvalue weighted by molar-refractivity contribution is 7.89. The molecule has 1 aromatic carbocycles. The largest absolute Gasteiger partial charge is 0.476 e. The minimum absolute atomic E-state index is 0.00501. The maximum Gasteiger partial charge on any atom is 0.407 e. The summed E-state index contributed by atoms with van der Waals surface area (Å²) in [6, 6.07) is 4.34. The van der Waals surface area contributed by atoms with Crippen LogP contribution in [0.15, 0.2) is 35.0 Å². The lowest BCUT2D eigenvalue weighted by molar-refractivity contribution is 0.0533. The van der Waals surface area contributed by atoms with Gasteiger partial charge in [-0.2, -0.15) is 5.10 Å². The van der Waals surface area contributed by atoms with Crippen molar-refractivity contribution in [2.24, 2.45) is 0 Å². The van der Waals surface area contributed by atoms with E-state index in [1.807, 2.05) is 0 Å². The number of aromatic carboxylic acids is 1. The van der Waals surface area contributed by atoms with Gasteiger partial charge in [-0.25, -0.2) is 26.7 Å². The monoisotopic (exact) mass is 544 g/mol. The van der Waals surface area contributed by atoms with Crippen LogP contribution in [0.25, 0.3) is 0 Å². The number of sulfonamides is 1. The number of halogens is 2. The van der Waals surface area contributed by atoms with Gasteiger partial charge in [0.15, 0.2) is 5.69 Å². The quantitative estimate of drug-likeness (QED) is 0.491. The summed E-state index contributed by atoms with van der Waals surface area (Å²) in [6.07, 6.45) is 0.524. The lowest BCUT2D eigenvalue weighted by Crippen LogP contribution is -2.32. The molecule has 2 rings (SSSR count). The third kappa shape index (κ3) is 7.52. The second-order valence-electron chi connectivity index (χ2n) is 9.14. The summed E-state index contributed by atoms with van der Waals surface area (Å²) < 4.78 is 46.6. The third-order valence-electron chi connectivity index (χ3n) is 4.94. The Morgan fingerprint density at radius 3 is 2.47 bits per heavy atom. The first-order valence-electron chi connectivity index (χ1n) is 10.8. The fourth-order valence-corrected chi connectivity index (χ4v) is 4.59. The Labute approximate surface area is 214 Å². The van der Waals surface area contributed by atoms with Gasteiger partial charge in [0, 0.05) is 38.3 Å². The zero-order valence-electron chi connectivity index (χ0n) is 20.9. The Hall–Kier alpha value is -2.96. The first kappa shape index (κ1) is 29.3. The number of hydrogen-bond acceptors (Lipinski definition) is 6. The molecule has 0 bridgehead atoms. The molecule has 198 valence electrons. The zero-order valence-corrected chi connectivity index (χ0v) is 22.5. The average Bonchev–Trinajstić information content (AvgIpc) is 3.02. The number of nitrogens with one attached hydrogen (secondary N) is 1. The highest BCUT2D eigenvalue weighted by Crippen LogP contribution is 2.27. The fraction of sp³-hybridized carbons (Fsp3) is 0.435. The number of ether oxygens (including phenoxy) is 1. The molecule has 0 aliphatic rings. The van der Waals surface area contributed by atoms with Crippen LogP contribution in [0, 0.1) is 6.92 Å². The number of carbonyl (C=O) groups excluding carboxylic acids is 1. The summed E-state index contributed by atoms with van der Waals surface area (Å²) in [6.45, 7) is 6.25. The van der Waals surface area contributed by atoms with Gasteiger partial charge in [-0.05, 0) is 51.5 Å². The summed E-state index contributed by atoms with van der Waals surface area (Å²) in [7, 11) is -0.977. The van der Waals surface area contributed by atoms with Crippen molar-refractivity contribution in [3.8, 4) is 0 Å². The topological polar surface area (TPSA) is 131 Å². The molecule has 0 unspecified atom stereocenters. The lowest BCUT2D eigenvalue weighted by Gasteiger charge is -2.19. The average molecular weight is 545 g/mol. The molecule has 1 aromatic heterocycles. The number of allylic oxidation sites excluding steroid dienone is 1. The number of nitrogens with zero attached hydrogens (tertiary/aromatic N) is 3. The first-order valence-corrected chi connectivity index (χ1v) is 12.7. The van der Waals surface area contributed by atoms with Gasteiger partial charge < -0.3 is 15.2 Å². The van der Waals surface area contributed by atoms with Crippen LogP contribution in [0.2, 0.25) is 5.02 Å². The van der Waals surface area contributed by atoms with Crippen molar-refractivity contribution < 1.29 is 32.2 Å². The fourth-order valence-electron chi connectivity index (χ4n) is 3.15. The standard InChI is InChI=1S/C23H30ClFN4O6S/c1-14-17(11-15-7-8-19(18(24)12-15)36(33,34)28(5)6)20(21(30)31)27-29(14)13-16(25)9-10-26-22(32)35-23(2,3)4/h7-9,12H,10-11,13H2,1-6H3,(H,26,32)(H,30,31). The van der Waals surface area contributed by atoms with Crippen molar-refractivity contribution >= 4 is 33.7 Å². The number of rotatable bonds is 9. The molecule has 0 fully saturated rings. The normalized spacial score (nSPS) is 12.6. The Bertz CT molecular complexity index is 1280. The zero-order chi connectivity index (χ0) is 27.4. The van der Waals surface area contributed by atoms with Gasteiger partial charge in [-0.1, -0.05) is 17.7 Å². The Morgan fingerprint density at radius 2 is 1.94 bits per heavy atom. The van der Waals surface area contributed by atoms with E-state index in [1.54, 1.807) is 27.7 Å². The van der Waals surface area contributed by atoms with Crippen molar-refractivity contribution in [2.75, 3.05) is 20.6 Å². The molecule has 0 atom stereocenters. The maximum absolute atomic E-state index is 14.5. The second-order valence-corrected chi connectivity index (χ2v) is 11.7. The molecule has 0 saturated carbocycles. The van der Waals surface area contributed by atoms with Gasteiger partial charge >= 0.3 is 12.1 Å². The number of amides is 1. The van der Waals surface area contributed by atoms with Crippen molar-refractivity contribution in [1.29, 1.82) is 0 Å². The van der Waals surface area contributed by atoms with Crippen LogP contribution in [0.1, 0.15) is 48.1 Å². The predicted molar refractivity (Wildman–Crippen MR) is 132 cm³/mol. The van der Waals surface area contributed by atoms with Crippen LogP contribution >= 0.6 is 11.6 Å². The Kier molecular flexibility index (Phi) is 9.27. The van der Waals surface area contributed by atoms with Gasteiger partial charge in [0.05, 0.1) is 11.6 Å². The second kappa shape index (κ2) is 11.4. The SMILES string of the molecule is Cc1c(Cc2ccc(S(=O)(=O)N(C)C)c(Cl)c2)c(C(=O)O)nn1CC(F)=CCNC(=O)OC(C)(C)C. The Balaban J connectivity index is 2.23. The van der Waals surface area contributed by atoms with E-state index >= 15 is 0 Å². The van der Waals surface area contributed by atoms with Crippen molar-refractivity contribution in [3.63, 3.8) is 0 Å². The molecule has 36 heavy (non-hydrogen) atoms. The molecule has 13 heteroatoms. The van der Waals surface area contributed by atoms with Crippen LogP contribution < -0.4 is 5.32 Å². The van der Waals surface area contributed by atoms with E-state index in [0.717, 1.165) is 10.4 Å². The summed E-state index contributed by atoms with van der Waals surface area (Å²) in [5, 5.41) is 16.0. The number of carboxylic acid groups (broad SMARTS) is 1. The van der Waals surface area contributed by atoms with Gasteiger partial charge in [-0.3, -0.25) is 4.68 Å². The van der Waals surface area contributed by atoms with E-state index in [9.17, 15) is 27.5 Å². The Morgan fingerprint density at radius 1 is 1.31 bits per heavy atom. The summed E-state index contributed by atoms with van der Waals surface area (Å²) in [5.74, 6) is -1.93. The number of aromatic nitrogens is 2. The maximum atomic E-state index is 14.5. The van der Waals surface area contributed by atoms with Crippen LogP contribution in [0.3, 0.4) is 0 Å². The number of benzene rings is 1. The van der Waals surface area contributed by atoms with E-state index in [4.69, 9.17) is 16.3 Å². The van der Waals surface area contributed by atoms with Crippen molar-refractivity contribution in [3.05, 3.63) is 57.6 Å². The first-order chi connectivity index (χ1) is 16.5. The highest BCUT2D eigenvalue weighted by Gasteiger charge is 2.24.